The number of methoxy groups -OCH3 is 3. The van der Waals surface area contributed by atoms with Gasteiger partial charge in [-0.15, -0.1) is 0 Å². The number of benzene rings is 2. The molecular weight excluding hydrogens is 414 g/mol. The fraction of sp³-hybridized carbons (Fsp3) is 0.348. The summed E-state index contributed by atoms with van der Waals surface area (Å²) in [6.07, 6.45) is 0.272. The molecule has 32 heavy (non-hydrogen) atoms. The number of rotatable bonds is 8. The van der Waals surface area contributed by atoms with Crippen LogP contribution in [-0.2, 0) is 4.79 Å². The molecule has 0 N–H and O–H groups in total. The number of hydrogen-bond donors (Lipinski definition) is 0. The molecule has 1 aliphatic heterocycles. The number of amides is 1. The third kappa shape index (κ3) is 4.18. The Kier molecular flexibility index (Phi) is 6.16. The SMILES string of the molecule is CCOc1ccc(-c2noc(C3CC(=O)N(c4cc(OC)cc(OC)c4)C3)n2)cc1OC. The number of aromatic nitrogens is 2. The first-order valence-electron chi connectivity index (χ1n) is 10.2. The summed E-state index contributed by atoms with van der Waals surface area (Å²) in [5, 5.41) is 4.11. The Balaban J connectivity index is 1.55. The van der Waals surface area contributed by atoms with E-state index in [1.165, 1.54) is 0 Å². The molecule has 0 aliphatic carbocycles. The normalized spacial score (nSPS) is 15.7. The van der Waals surface area contributed by atoms with E-state index in [4.69, 9.17) is 23.5 Å². The molecule has 1 fully saturated rings. The summed E-state index contributed by atoms with van der Waals surface area (Å²) in [6.45, 7) is 2.86. The van der Waals surface area contributed by atoms with Crippen molar-refractivity contribution in [1.29, 1.82) is 0 Å². The van der Waals surface area contributed by atoms with Gasteiger partial charge < -0.3 is 28.4 Å². The average Bonchev–Trinajstić information content (AvgIpc) is 3.46. The van der Waals surface area contributed by atoms with Gasteiger partial charge in [0, 0.05) is 36.7 Å². The van der Waals surface area contributed by atoms with Crippen molar-refractivity contribution in [3.05, 3.63) is 42.3 Å². The van der Waals surface area contributed by atoms with Crippen molar-refractivity contribution in [1.82, 2.24) is 10.1 Å². The van der Waals surface area contributed by atoms with Crippen molar-refractivity contribution in [2.45, 2.75) is 19.3 Å². The molecule has 1 amide bonds. The average molecular weight is 439 g/mol. The molecule has 0 saturated carbocycles. The lowest BCUT2D eigenvalue weighted by molar-refractivity contribution is -0.117. The van der Waals surface area contributed by atoms with Gasteiger partial charge in [-0.25, -0.2) is 0 Å². The number of hydrogen-bond acceptors (Lipinski definition) is 8. The fourth-order valence-corrected chi connectivity index (χ4v) is 3.67. The van der Waals surface area contributed by atoms with Crippen LogP contribution in [0.15, 0.2) is 40.9 Å². The highest BCUT2D eigenvalue weighted by atomic mass is 16.5. The fourth-order valence-electron chi connectivity index (χ4n) is 3.67. The lowest BCUT2D eigenvalue weighted by Crippen LogP contribution is -2.24. The zero-order valence-corrected chi connectivity index (χ0v) is 18.5. The monoisotopic (exact) mass is 439 g/mol. The van der Waals surface area contributed by atoms with Crippen LogP contribution in [-0.4, -0.2) is 50.5 Å². The molecule has 1 aliphatic rings. The van der Waals surface area contributed by atoms with E-state index in [0.29, 0.717) is 53.6 Å². The van der Waals surface area contributed by atoms with E-state index in [1.54, 1.807) is 50.5 Å². The van der Waals surface area contributed by atoms with Crippen molar-refractivity contribution < 1.29 is 28.3 Å². The summed E-state index contributed by atoms with van der Waals surface area (Å²) in [7, 11) is 4.72. The van der Waals surface area contributed by atoms with Crippen molar-refractivity contribution in [2.75, 3.05) is 39.4 Å². The lowest BCUT2D eigenvalue weighted by atomic mass is 10.1. The molecule has 2 aromatic carbocycles. The smallest absolute Gasteiger partial charge is 0.232 e. The topological polar surface area (TPSA) is 96.2 Å². The van der Waals surface area contributed by atoms with Crippen LogP contribution in [0.25, 0.3) is 11.4 Å². The van der Waals surface area contributed by atoms with E-state index in [1.807, 2.05) is 19.1 Å². The summed E-state index contributed by atoms with van der Waals surface area (Å²) in [5.74, 6) is 3.05. The Morgan fingerprint density at radius 2 is 1.78 bits per heavy atom. The van der Waals surface area contributed by atoms with Crippen molar-refractivity contribution in [2.24, 2.45) is 0 Å². The van der Waals surface area contributed by atoms with Crippen molar-refractivity contribution >= 4 is 11.6 Å². The second kappa shape index (κ2) is 9.17. The van der Waals surface area contributed by atoms with E-state index < -0.39 is 0 Å². The molecule has 0 spiro atoms. The Morgan fingerprint density at radius 3 is 2.44 bits per heavy atom. The maximum absolute atomic E-state index is 12.7. The summed E-state index contributed by atoms with van der Waals surface area (Å²) in [6, 6.07) is 10.8. The van der Waals surface area contributed by atoms with E-state index in [9.17, 15) is 4.79 Å². The van der Waals surface area contributed by atoms with E-state index in [-0.39, 0.29) is 18.2 Å². The number of anilines is 1. The Bertz CT molecular complexity index is 1090. The molecular formula is C23H25N3O6. The van der Waals surface area contributed by atoms with Gasteiger partial charge in [-0.05, 0) is 25.1 Å². The van der Waals surface area contributed by atoms with Gasteiger partial charge in [0.05, 0.1) is 39.5 Å². The minimum Gasteiger partial charge on any atom is -0.497 e. The van der Waals surface area contributed by atoms with Gasteiger partial charge in [-0.2, -0.15) is 4.98 Å². The molecule has 1 aromatic heterocycles. The largest absolute Gasteiger partial charge is 0.497 e. The van der Waals surface area contributed by atoms with Gasteiger partial charge >= 0.3 is 0 Å². The van der Waals surface area contributed by atoms with Gasteiger partial charge in [-0.1, -0.05) is 5.16 Å². The van der Waals surface area contributed by atoms with Crippen LogP contribution < -0.4 is 23.8 Å². The second-order valence-corrected chi connectivity index (χ2v) is 7.23. The highest BCUT2D eigenvalue weighted by Gasteiger charge is 2.35. The van der Waals surface area contributed by atoms with E-state index in [2.05, 4.69) is 10.1 Å². The van der Waals surface area contributed by atoms with Gasteiger partial charge in [0.15, 0.2) is 11.5 Å². The van der Waals surface area contributed by atoms with Gasteiger partial charge in [0.25, 0.3) is 0 Å². The molecule has 1 atom stereocenters. The number of ether oxygens (including phenoxy) is 4. The third-order valence-electron chi connectivity index (χ3n) is 5.29. The third-order valence-corrected chi connectivity index (χ3v) is 5.29. The molecule has 1 unspecified atom stereocenters. The molecule has 4 rings (SSSR count). The van der Waals surface area contributed by atoms with Gasteiger partial charge in [0.1, 0.15) is 11.5 Å². The van der Waals surface area contributed by atoms with Crippen LogP contribution >= 0.6 is 0 Å². The summed E-state index contributed by atoms with van der Waals surface area (Å²) in [5.41, 5.74) is 1.43. The van der Waals surface area contributed by atoms with Crippen LogP contribution in [0, 0.1) is 0 Å². The number of nitrogens with zero attached hydrogens (tertiary/aromatic N) is 3. The second-order valence-electron chi connectivity index (χ2n) is 7.23. The molecule has 9 heteroatoms. The summed E-state index contributed by atoms with van der Waals surface area (Å²) < 4.78 is 27.1. The van der Waals surface area contributed by atoms with Crippen molar-refractivity contribution in [3.63, 3.8) is 0 Å². The minimum absolute atomic E-state index is 0.0345. The summed E-state index contributed by atoms with van der Waals surface area (Å²) >= 11 is 0. The van der Waals surface area contributed by atoms with Crippen LogP contribution in [0.3, 0.4) is 0 Å². The maximum Gasteiger partial charge on any atom is 0.232 e. The van der Waals surface area contributed by atoms with E-state index >= 15 is 0 Å². The first-order valence-corrected chi connectivity index (χ1v) is 10.2. The quantitative estimate of drug-likeness (QED) is 0.524. The first-order chi connectivity index (χ1) is 15.6. The molecule has 168 valence electrons. The van der Waals surface area contributed by atoms with Crippen LogP contribution in [0.1, 0.15) is 25.2 Å². The maximum atomic E-state index is 12.7. The zero-order valence-electron chi connectivity index (χ0n) is 18.5. The molecule has 2 heterocycles. The van der Waals surface area contributed by atoms with Gasteiger partial charge in [0.2, 0.25) is 17.6 Å². The Morgan fingerprint density at radius 1 is 1.03 bits per heavy atom. The standard InChI is InChI=1S/C23H25N3O6/c1-5-31-19-7-6-14(8-20(19)30-4)22-24-23(32-25-22)15-9-21(27)26(13-15)16-10-17(28-2)12-18(11-16)29-3/h6-8,10-12,15H,5,9,13H2,1-4H3. The predicted molar refractivity (Wildman–Crippen MR) is 117 cm³/mol. The molecule has 0 bridgehead atoms. The molecule has 3 aromatic rings. The Labute approximate surface area is 185 Å². The molecule has 9 nitrogen and oxygen atoms in total. The number of carbonyl (C=O) groups is 1. The number of carbonyl (C=O) groups excluding carboxylic acids is 1. The van der Waals surface area contributed by atoms with Crippen LogP contribution in [0.2, 0.25) is 0 Å². The minimum atomic E-state index is -0.217. The summed E-state index contributed by atoms with van der Waals surface area (Å²) in [4.78, 5) is 19.0. The molecule has 1 saturated heterocycles. The van der Waals surface area contributed by atoms with Crippen LogP contribution in [0.4, 0.5) is 5.69 Å². The highest BCUT2D eigenvalue weighted by Crippen LogP contribution is 2.36. The van der Waals surface area contributed by atoms with Gasteiger partial charge in [-0.3, -0.25) is 4.79 Å². The molecule has 0 radical (unpaired) electrons. The lowest BCUT2D eigenvalue weighted by Gasteiger charge is -2.18. The highest BCUT2D eigenvalue weighted by molar-refractivity contribution is 5.96. The Hall–Kier alpha value is -3.75. The first kappa shape index (κ1) is 21.5. The van der Waals surface area contributed by atoms with Crippen LogP contribution in [0.5, 0.6) is 23.0 Å². The zero-order chi connectivity index (χ0) is 22.7. The predicted octanol–water partition coefficient (Wildman–Crippen LogP) is 3.68. The van der Waals surface area contributed by atoms with Crippen molar-refractivity contribution in [3.8, 4) is 34.4 Å². The van der Waals surface area contributed by atoms with E-state index in [0.717, 1.165) is 5.56 Å².